The van der Waals surface area contributed by atoms with Crippen LogP contribution >= 0.6 is 0 Å². The van der Waals surface area contributed by atoms with E-state index in [1.54, 1.807) is 12.4 Å². The first-order chi connectivity index (χ1) is 11.9. The van der Waals surface area contributed by atoms with Crippen molar-refractivity contribution in [1.82, 2.24) is 25.0 Å². The summed E-state index contributed by atoms with van der Waals surface area (Å²) in [6.45, 7) is 1.84. The Morgan fingerprint density at radius 2 is 2.17 bits per heavy atom. The highest BCUT2D eigenvalue weighted by molar-refractivity contribution is 5.64. The molecule has 8 heteroatoms. The molecule has 0 saturated heterocycles. The lowest BCUT2D eigenvalue weighted by Gasteiger charge is -2.06. The van der Waals surface area contributed by atoms with Crippen molar-refractivity contribution >= 4 is 5.95 Å². The first-order valence-electron chi connectivity index (χ1n) is 7.69. The predicted molar refractivity (Wildman–Crippen MR) is 86.7 cm³/mol. The van der Waals surface area contributed by atoms with Gasteiger partial charge in [-0.05, 0) is 30.7 Å². The predicted octanol–water partition coefficient (Wildman–Crippen LogP) is 1.97. The number of ether oxygens (including phenoxy) is 2. The first-order valence-corrected chi connectivity index (χ1v) is 7.69. The highest BCUT2D eigenvalue weighted by Crippen LogP contribution is 2.35. The standard InChI is InChI=1S/C16H16N6O2/c1(7-22-8-2-6-19-22)5-17-16-20-13(10-18-21-16)12-3-4-14-15(9-12)24-11-23-14/h2-4,6,8-10H,1,5,7,11H2,(H,17,20,21). The van der Waals surface area contributed by atoms with Gasteiger partial charge in [0.15, 0.2) is 11.5 Å². The van der Waals surface area contributed by atoms with E-state index in [-0.39, 0.29) is 6.79 Å². The first kappa shape index (κ1) is 14.4. The molecule has 1 N–H and O–H groups in total. The Hall–Kier alpha value is -3.16. The lowest BCUT2D eigenvalue weighted by molar-refractivity contribution is 0.174. The molecular formula is C16H16N6O2. The molecule has 0 bridgehead atoms. The van der Waals surface area contributed by atoms with E-state index in [0.29, 0.717) is 5.95 Å². The molecule has 8 nitrogen and oxygen atoms in total. The number of nitrogens with one attached hydrogen (secondary N) is 1. The zero-order valence-electron chi connectivity index (χ0n) is 12.9. The van der Waals surface area contributed by atoms with E-state index in [1.807, 2.05) is 35.1 Å². The molecule has 1 aliphatic heterocycles. The van der Waals surface area contributed by atoms with Gasteiger partial charge in [-0.25, -0.2) is 4.98 Å². The third-order valence-electron chi connectivity index (χ3n) is 3.63. The fraction of sp³-hybridized carbons (Fsp3) is 0.250. The third-order valence-corrected chi connectivity index (χ3v) is 3.63. The average molecular weight is 324 g/mol. The lowest BCUT2D eigenvalue weighted by atomic mass is 10.1. The number of hydrogen-bond acceptors (Lipinski definition) is 7. The molecule has 3 aromatic rings. The van der Waals surface area contributed by atoms with Crippen LogP contribution in [0.1, 0.15) is 6.42 Å². The van der Waals surface area contributed by atoms with Crippen molar-refractivity contribution in [1.29, 1.82) is 0 Å². The molecule has 0 unspecified atom stereocenters. The molecule has 24 heavy (non-hydrogen) atoms. The molecule has 0 atom stereocenters. The normalized spacial score (nSPS) is 12.3. The second kappa shape index (κ2) is 6.53. The van der Waals surface area contributed by atoms with Crippen molar-refractivity contribution in [2.75, 3.05) is 18.7 Å². The van der Waals surface area contributed by atoms with Crippen LogP contribution in [0.5, 0.6) is 11.5 Å². The number of hydrogen-bond donors (Lipinski definition) is 1. The van der Waals surface area contributed by atoms with Crippen molar-refractivity contribution < 1.29 is 9.47 Å². The summed E-state index contributed by atoms with van der Waals surface area (Å²) in [5.41, 5.74) is 1.65. The minimum Gasteiger partial charge on any atom is -0.454 e. The fourth-order valence-corrected chi connectivity index (χ4v) is 2.45. The van der Waals surface area contributed by atoms with Crippen LogP contribution in [0.4, 0.5) is 5.95 Å². The Balaban J connectivity index is 1.40. The Bertz CT molecular complexity index is 821. The average Bonchev–Trinajstić information content (AvgIpc) is 3.30. The van der Waals surface area contributed by atoms with Crippen LogP contribution in [0.15, 0.2) is 42.9 Å². The highest BCUT2D eigenvalue weighted by Gasteiger charge is 2.14. The molecular weight excluding hydrogens is 308 g/mol. The van der Waals surface area contributed by atoms with E-state index in [1.165, 1.54) is 0 Å². The maximum atomic E-state index is 5.40. The number of rotatable bonds is 6. The number of aryl methyl sites for hydroxylation is 1. The van der Waals surface area contributed by atoms with Gasteiger partial charge < -0.3 is 14.8 Å². The van der Waals surface area contributed by atoms with Gasteiger partial charge in [0.1, 0.15) is 0 Å². The smallest absolute Gasteiger partial charge is 0.243 e. The zero-order chi connectivity index (χ0) is 16.2. The molecule has 2 aromatic heterocycles. The Morgan fingerprint density at radius 3 is 3.08 bits per heavy atom. The molecule has 0 saturated carbocycles. The Kier molecular flexibility index (Phi) is 3.93. The van der Waals surface area contributed by atoms with Gasteiger partial charge in [0, 0.05) is 31.0 Å². The largest absolute Gasteiger partial charge is 0.454 e. The summed E-state index contributed by atoms with van der Waals surface area (Å²) in [5, 5.41) is 15.4. The second-order valence-corrected chi connectivity index (χ2v) is 5.28. The molecule has 0 aliphatic carbocycles. The number of fused-ring (bicyclic) bond motifs is 1. The van der Waals surface area contributed by atoms with Crippen LogP contribution < -0.4 is 14.8 Å². The SMILES string of the molecule is c1cnn(CCCNc2nncc(-c3ccc4c(c3)OCO4)n2)c1. The number of benzene rings is 1. The second-order valence-electron chi connectivity index (χ2n) is 5.28. The van der Waals surface area contributed by atoms with Crippen molar-refractivity contribution in [2.24, 2.45) is 0 Å². The third kappa shape index (κ3) is 3.12. The fourth-order valence-electron chi connectivity index (χ4n) is 2.45. The molecule has 0 fully saturated rings. The van der Waals surface area contributed by atoms with Crippen molar-refractivity contribution in [3.63, 3.8) is 0 Å². The summed E-state index contributed by atoms with van der Waals surface area (Å²) in [4.78, 5) is 4.50. The molecule has 0 radical (unpaired) electrons. The van der Waals surface area contributed by atoms with Gasteiger partial charge in [-0.3, -0.25) is 4.68 Å². The van der Waals surface area contributed by atoms with E-state index in [4.69, 9.17) is 9.47 Å². The summed E-state index contributed by atoms with van der Waals surface area (Å²) in [6, 6.07) is 7.61. The minimum absolute atomic E-state index is 0.254. The van der Waals surface area contributed by atoms with Crippen LogP contribution in [-0.2, 0) is 6.54 Å². The van der Waals surface area contributed by atoms with Crippen LogP contribution in [0.2, 0.25) is 0 Å². The van der Waals surface area contributed by atoms with Gasteiger partial charge in [0.05, 0.1) is 11.9 Å². The summed E-state index contributed by atoms with van der Waals surface area (Å²) in [6.07, 6.45) is 6.26. The van der Waals surface area contributed by atoms with Crippen molar-refractivity contribution in [2.45, 2.75) is 13.0 Å². The zero-order valence-corrected chi connectivity index (χ0v) is 12.9. The molecule has 0 spiro atoms. The summed E-state index contributed by atoms with van der Waals surface area (Å²) in [5.74, 6) is 1.98. The van der Waals surface area contributed by atoms with Crippen molar-refractivity contribution in [3.05, 3.63) is 42.9 Å². The van der Waals surface area contributed by atoms with Gasteiger partial charge >= 0.3 is 0 Å². The van der Waals surface area contributed by atoms with E-state index < -0.39 is 0 Å². The monoisotopic (exact) mass is 324 g/mol. The van der Waals surface area contributed by atoms with E-state index in [2.05, 4.69) is 25.6 Å². The Labute approximate surface area is 138 Å². The summed E-state index contributed by atoms with van der Waals surface area (Å²) < 4.78 is 12.6. The number of anilines is 1. The van der Waals surface area contributed by atoms with Gasteiger partial charge in [0.25, 0.3) is 0 Å². The summed E-state index contributed by atoms with van der Waals surface area (Å²) in [7, 11) is 0. The highest BCUT2D eigenvalue weighted by atomic mass is 16.7. The van der Waals surface area contributed by atoms with Crippen LogP contribution in [0, 0.1) is 0 Å². The van der Waals surface area contributed by atoms with Crippen LogP contribution in [-0.4, -0.2) is 38.3 Å². The maximum absolute atomic E-state index is 5.40. The van der Waals surface area contributed by atoms with E-state index >= 15 is 0 Å². The minimum atomic E-state index is 0.254. The maximum Gasteiger partial charge on any atom is 0.243 e. The topological polar surface area (TPSA) is 87.0 Å². The molecule has 0 amide bonds. The van der Waals surface area contributed by atoms with Gasteiger partial charge in [-0.1, -0.05) is 0 Å². The molecule has 1 aliphatic rings. The number of nitrogens with zero attached hydrogens (tertiary/aromatic N) is 5. The van der Waals surface area contributed by atoms with Gasteiger partial charge in [-0.2, -0.15) is 10.2 Å². The molecule has 4 rings (SSSR count). The van der Waals surface area contributed by atoms with Crippen molar-refractivity contribution in [3.8, 4) is 22.8 Å². The quantitative estimate of drug-likeness (QED) is 0.694. The molecule has 1 aromatic carbocycles. The summed E-state index contributed by atoms with van der Waals surface area (Å²) >= 11 is 0. The Morgan fingerprint density at radius 1 is 1.21 bits per heavy atom. The van der Waals surface area contributed by atoms with Gasteiger partial charge in [0.2, 0.25) is 12.7 Å². The molecule has 122 valence electrons. The number of aromatic nitrogens is 5. The van der Waals surface area contributed by atoms with E-state index in [0.717, 1.165) is 42.3 Å². The van der Waals surface area contributed by atoms with Gasteiger partial charge in [-0.15, -0.1) is 5.10 Å². The van der Waals surface area contributed by atoms with Crippen LogP contribution in [0.25, 0.3) is 11.3 Å². The lowest BCUT2D eigenvalue weighted by Crippen LogP contribution is -2.10. The molecule has 3 heterocycles. The van der Waals surface area contributed by atoms with Crippen LogP contribution in [0.3, 0.4) is 0 Å². The van der Waals surface area contributed by atoms with E-state index in [9.17, 15) is 0 Å².